The van der Waals surface area contributed by atoms with E-state index < -0.39 is 0 Å². The fourth-order valence-corrected chi connectivity index (χ4v) is 1.24. The highest BCUT2D eigenvalue weighted by Crippen LogP contribution is 2.01. The first-order valence-electron chi connectivity index (χ1n) is 6.70. The van der Waals surface area contributed by atoms with Crippen molar-refractivity contribution in [2.45, 2.75) is 20.3 Å². The van der Waals surface area contributed by atoms with Crippen molar-refractivity contribution in [3.05, 3.63) is 73.2 Å². The number of halogens is 1. The fraction of sp³-hybridized carbons (Fsp3) is 0.235. The summed E-state index contributed by atoms with van der Waals surface area (Å²) >= 11 is 0. The predicted molar refractivity (Wildman–Crippen MR) is 93.7 cm³/mol. The summed E-state index contributed by atoms with van der Waals surface area (Å²) in [5.74, 6) is 0. The molecule has 0 fully saturated rings. The van der Waals surface area contributed by atoms with Gasteiger partial charge in [0.25, 0.3) is 0 Å². The van der Waals surface area contributed by atoms with E-state index in [4.69, 9.17) is 0 Å². The highest BCUT2D eigenvalue weighted by Gasteiger charge is 2.02. The molecule has 0 aromatic heterocycles. The van der Waals surface area contributed by atoms with Gasteiger partial charge in [0.05, 0.1) is 7.18 Å². The van der Waals surface area contributed by atoms with E-state index in [-0.39, 0.29) is 8.88 Å². The van der Waals surface area contributed by atoms with Crippen molar-refractivity contribution in [2.75, 3.05) is 7.18 Å². The maximum atomic E-state index is 11.6. The highest BCUT2D eigenvalue weighted by atomic mass is 19.1. The Morgan fingerprint density at radius 3 is 2.57 bits per heavy atom. The van der Waals surface area contributed by atoms with Gasteiger partial charge >= 0.3 is 6.03 Å². The molecule has 0 saturated heterocycles. The Hall–Kier alpha value is -2.36. The molecule has 2 amide bonds. The van der Waals surface area contributed by atoms with Crippen LogP contribution in [0.4, 0.5) is 9.18 Å². The zero-order valence-corrected chi connectivity index (χ0v) is 13.0. The molecular formula is C17H29FN2O. The number of hydrogen-bond donors (Lipinski definition) is 2. The van der Waals surface area contributed by atoms with Gasteiger partial charge in [-0.3, -0.25) is 4.39 Å². The third-order valence-corrected chi connectivity index (χ3v) is 2.01. The van der Waals surface area contributed by atoms with Crippen molar-refractivity contribution in [1.29, 1.82) is 0 Å². The number of urea groups is 1. The summed E-state index contributed by atoms with van der Waals surface area (Å²) in [6.07, 6.45) is 15.3. The molecule has 0 unspecified atom stereocenters. The van der Waals surface area contributed by atoms with E-state index >= 15 is 0 Å². The van der Waals surface area contributed by atoms with Crippen molar-refractivity contribution in [3.63, 3.8) is 0 Å². The topological polar surface area (TPSA) is 41.1 Å². The molecule has 0 aliphatic heterocycles. The van der Waals surface area contributed by atoms with E-state index in [0.717, 1.165) is 12.1 Å². The average molecular weight is 296 g/mol. The van der Waals surface area contributed by atoms with Gasteiger partial charge in [-0.15, -0.1) is 0 Å². The summed E-state index contributed by atoms with van der Waals surface area (Å²) < 4.78 is 9.50. The molecule has 1 aliphatic carbocycles. The molecule has 0 spiro atoms. The SMILES string of the molecule is C=C/C=C(\C=C)NC(=O)NC1=CC=CCC=C1.CC.CF.[HH].[HH]. The second-order valence-electron chi connectivity index (χ2n) is 3.33. The van der Waals surface area contributed by atoms with Gasteiger partial charge in [-0.25, -0.2) is 4.79 Å². The largest absolute Gasteiger partial charge is 0.323 e. The fourth-order valence-electron chi connectivity index (χ4n) is 1.24. The van der Waals surface area contributed by atoms with Gasteiger partial charge in [-0.05, 0) is 30.7 Å². The summed E-state index contributed by atoms with van der Waals surface area (Å²) in [4.78, 5) is 11.6. The minimum absolute atomic E-state index is 0. The van der Waals surface area contributed by atoms with E-state index in [1.165, 1.54) is 0 Å². The first-order valence-corrected chi connectivity index (χ1v) is 6.70. The monoisotopic (exact) mass is 296 g/mol. The summed E-state index contributed by atoms with van der Waals surface area (Å²) in [6.45, 7) is 11.2. The number of rotatable bonds is 4. The molecule has 0 saturated carbocycles. The number of carbonyl (C=O) groups is 1. The van der Waals surface area contributed by atoms with E-state index in [2.05, 4.69) is 23.8 Å². The number of alkyl halides is 1. The van der Waals surface area contributed by atoms with Gasteiger partial charge in [0.2, 0.25) is 0 Å². The summed E-state index contributed by atoms with van der Waals surface area (Å²) in [5.41, 5.74) is 1.35. The molecule has 21 heavy (non-hydrogen) atoms. The lowest BCUT2D eigenvalue weighted by Gasteiger charge is -2.07. The molecule has 0 atom stereocenters. The van der Waals surface area contributed by atoms with Crippen LogP contribution in [0.15, 0.2) is 73.2 Å². The minimum Gasteiger partial charge on any atom is -0.308 e. The number of carbonyl (C=O) groups excluding carboxylic acids is 1. The Morgan fingerprint density at radius 1 is 1.33 bits per heavy atom. The van der Waals surface area contributed by atoms with Crippen LogP contribution in [0, 0.1) is 0 Å². The third-order valence-electron chi connectivity index (χ3n) is 2.01. The molecule has 2 N–H and O–H groups in total. The second kappa shape index (κ2) is 15.7. The van der Waals surface area contributed by atoms with E-state index in [1.54, 1.807) is 18.2 Å². The Labute approximate surface area is 130 Å². The highest BCUT2D eigenvalue weighted by molar-refractivity contribution is 5.78. The quantitative estimate of drug-likeness (QED) is 0.701. The summed E-state index contributed by atoms with van der Waals surface area (Å²) in [7, 11) is 0.500. The summed E-state index contributed by atoms with van der Waals surface area (Å²) in [6, 6.07) is -0.302. The van der Waals surface area contributed by atoms with Crippen molar-refractivity contribution < 1.29 is 12.0 Å². The van der Waals surface area contributed by atoms with Crippen molar-refractivity contribution in [3.8, 4) is 0 Å². The zero-order chi connectivity index (χ0) is 16.5. The Bertz CT molecular complexity index is 442. The van der Waals surface area contributed by atoms with E-state index in [0.29, 0.717) is 12.9 Å². The van der Waals surface area contributed by atoms with Crippen LogP contribution in [-0.2, 0) is 0 Å². The van der Waals surface area contributed by atoms with Gasteiger partial charge in [0.15, 0.2) is 0 Å². The van der Waals surface area contributed by atoms with Crippen LogP contribution in [0.2, 0.25) is 0 Å². The molecular weight excluding hydrogens is 267 g/mol. The number of nitrogens with one attached hydrogen (secondary N) is 2. The molecule has 0 bridgehead atoms. The maximum Gasteiger partial charge on any atom is 0.323 e. The van der Waals surface area contributed by atoms with Crippen LogP contribution in [0.5, 0.6) is 0 Å². The van der Waals surface area contributed by atoms with Crippen LogP contribution >= 0.6 is 0 Å². The number of hydrogen-bond acceptors (Lipinski definition) is 1. The lowest BCUT2D eigenvalue weighted by Crippen LogP contribution is -2.33. The lowest BCUT2D eigenvalue weighted by atomic mass is 10.3. The van der Waals surface area contributed by atoms with Gasteiger partial charge in [-0.2, -0.15) is 0 Å². The van der Waals surface area contributed by atoms with Crippen LogP contribution in [-0.4, -0.2) is 13.2 Å². The zero-order valence-electron chi connectivity index (χ0n) is 13.0. The smallest absolute Gasteiger partial charge is 0.308 e. The van der Waals surface area contributed by atoms with E-state index in [1.807, 2.05) is 44.2 Å². The molecule has 1 rings (SSSR count). The van der Waals surface area contributed by atoms with Crippen LogP contribution in [0.25, 0.3) is 0 Å². The van der Waals surface area contributed by atoms with Crippen LogP contribution in [0.3, 0.4) is 0 Å². The van der Waals surface area contributed by atoms with Crippen LogP contribution in [0.1, 0.15) is 23.1 Å². The molecule has 3 nitrogen and oxygen atoms in total. The number of amides is 2. The Balaban J connectivity index is -0.000000278. The molecule has 0 aromatic rings. The molecule has 4 heteroatoms. The van der Waals surface area contributed by atoms with Gasteiger partial charge in [0.1, 0.15) is 0 Å². The molecule has 0 heterocycles. The third kappa shape index (κ3) is 11.2. The number of allylic oxidation sites excluding steroid dienone is 8. The Kier molecular flexibility index (Phi) is 15.7. The van der Waals surface area contributed by atoms with E-state index in [9.17, 15) is 9.18 Å². The first kappa shape index (κ1) is 20.9. The minimum atomic E-state index is -0.302. The maximum absolute atomic E-state index is 11.6. The van der Waals surface area contributed by atoms with Crippen LogP contribution < -0.4 is 10.6 Å². The first-order chi connectivity index (χ1) is 10.3. The average Bonchev–Trinajstić information content (AvgIpc) is 2.79. The predicted octanol–water partition coefficient (Wildman–Crippen LogP) is 5.05. The molecule has 1 aliphatic rings. The lowest BCUT2D eigenvalue weighted by molar-refractivity contribution is 0.246. The second-order valence-corrected chi connectivity index (χ2v) is 3.33. The van der Waals surface area contributed by atoms with Crippen molar-refractivity contribution >= 4 is 6.03 Å². The van der Waals surface area contributed by atoms with Gasteiger partial charge in [0, 0.05) is 14.2 Å². The summed E-state index contributed by atoms with van der Waals surface area (Å²) in [5, 5.41) is 5.39. The van der Waals surface area contributed by atoms with Gasteiger partial charge < -0.3 is 10.6 Å². The Morgan fingerprint density at radius 2 is 2.00 bits per heavy atom. The van der Waals surface area contributed by atoms with Gasteiger partial charge in [-0.1, -0.05) is 51.3 Å². The standard InChI is InChI=1S/C14H16N2O.C2H6.CH3F.2H2/c1-3-9-12(4-2)15-14(17)16-13-10-7-5-6-8-11-13;2*1-2;;/h3-5,7-11H,1-2,6H2,(H2,15,16,17);1-2H3;1H3;2*1H/b12-9+;;;;. The normalized spacial score (nSPS) is 12.4. The van der Waals surface area contributed by atoms with Crippen molar-refractivity contribution in [2.24, 2.45) is 0 Å². The van der Waals surface area contributed by atoms with Crippen molar-refractivity contribution in [1.82, 2.24) is 10.6 Å². The molecule has 0 aromatic carbocycles. The molecule has 120 valence electrons. The molecule has 0 radical (unpaired) electrons.